The van der Waals surface area contributed by atoms with Crippen molar-refractivity contribution < 1.29 is 105 Å². The van der Waals surface area contributed by atoms with Crippen LogP contribution in [0.15, 0.2) is 0 Å². The van der Waals surface area contributed by atoms with Gasteiger partial charge in [-0.15, -0.1) is 23.2 Å². The van der Waals surface area contributed by atoms with E-state index in [0.29, 0.717) is 0 Å². The molecule has 0 atom stereocenters. The predicted octanol–water partition coefficient (Wildman–Crippen LogP) is 11.0. The summed E-state index contributed by atoms with van der Waals surface area (Å²) < 4.78 is 66.5. The van der Waals surface area contributed by atoms with Crippen molar-refractivity contribution in [3.8, 4) is 0 Å². The monoisotopic (exact) mass is 1230 g/mol. The minimum Gasteiger partial charge on any atom is -0.793 e. The Morgan fingerprint density at radius 2 is 0.319 bits per heavy atom. The molecule has 436 valence electrons. The van der Waals surface area contributed by atoms with Crippen molar-refractivity contribution in [1.82, 2.24) is 0 Å². The molecule has 0 aromatic rings. The molecule has 0 unspecified atom stereocenters. The molecule has 1 N–H and O–H groups in total. The zero-order valence-corrected chi connectivity index (χ0v) is 61.0. The van der Waals surface area contributed by atoms with Crippen molar-refractivity contribution in [3.05, 3.63) is 0 Å². The summed E-state index contributed by atoms with van der Waals surface area (Å²) in [4.78, 5) is 48.4. The van der Waals surface area contributed by atoms with Crippen molar-refractivity contribution in [2.75, 3.05) is 5.34 Å². The smallest absolute Gasteiger partial charge is 0.793 e. The Morgan fingerprint density at radius 1 is 0.250 bits per heavy atom. The van der Waals surface area contributed by atoms with Gasteiger partial charge in [0.25, 0.3) is 0 Å². The molecule has 72 heavy (non-hydrogen) atoms. The fraction of sp³-hybridized carbons (Fsp3) is 1.00. The van der Waals surface area contributed by atoms with Crippen LogP contribution in [0.1, 0.15) is 249 Å². The van der Waals surface area contributed by atoms with Crippen molar-refractivity contribution in [2.45, 2.75) is 316 Å². The number of rotatable bonds is 12. The Kier molecular flexibility index (Phi) is 36.3. The van der Waals surface area contributed by atoms with Gasteiger partial charge in [-0.25, -0.2) is 0 Å². The van der Waals surface area contributed by atoms with E-state index < -0.39 is 103 Å². The molecule has 0 saturated carbocycles. The van der Waals surface area contributed by atoms with Gasteiger partial charge in [-0.3, -0.25) is 0 Å². The van der Waals surface area contributed by atoms with E-state index in [1.807, 2.05) is 249 Å². The molecule has 0 spiro atoms. The molecule has 0 bridgehead atoms. The molecular weight excluding hydrogens is 1120 g/mol. The third-order valence-electron chi connectivity index (χ3n) is 5.19. The van der Waals surface area contributed by atoms with E-state index in [2.05, 4.69) is 0 Å². The van der Waals surface area contributed by atoms with Crippen LogP contribution in [-0.2, 0) is 85.8 Å². The Bertz CT molecular complexity index is 1070. The van der Waals surface area contributed by atoms with E-state index in [9.17, 15) is 19.2 Å². The molecule has 0 radical (unpaired) electrons. The van der Waals surface area contributed by atoms with Gasteiger partial charge in [0.15, 0.2) is 0 Å². The van der Waals surface area contributed by atoms with Crippen LogP contribution in [0.2, 0.25) is 0 Å². The quantitative estimate of drug-likeness (QED) is 0.143. The second-order valence-corrected chi connectivity index (χ2v) is 36.0. The summed E-state index contributed by atoms with van der Waals surface area (Å²) in [6, 6.07) is 0. The third-order valence-corrected chi connectivity index (χ3v) is 15.6. The maximum atomic E-state index is 12.6. The minimum absolute atomic E-state index is 0. The van der Waals surface area contributed by atoms with Crippen LogP contribution in [0.4, 0.5) is 0 Å². The van der Waals surface area contributed by atoms with Gasteiger partial charge in [0.1, 0.15) is 0 Å². The van der Waals surface area contributed by atoms with Gasteiger partial charge in [0.2, 0.25) is 0 Å². The zero-order valence-electron chi connectivity index (χ0n) is 52.6. The maximum absolute atomic E-state index is 12.6. The van der Waals surface area contributed by atoms with Crippen LogP contribution >= 0.6 is 23.2 Å². The molecule has 0 aliphatic rings. The van der Waals surface area contributed by atoms with Crippen molar-refractivity contribution in [2.24, 2.45) is 0 Å². The molecule has 0 amide bonds. The molecule has 16 nitrogen and oxygen atoms in total. The summed E-state index contributed by atoms with van der Waals surface area (Å²) in [5.41, 5.74) is -6.76. The largest absolute Gasteiger partial charge is 3.00 e. The van der Waals surface area contributed by atoms with Crippen molar-refractivity contribution in [1.29, 1.82) is 0 Å². The van der Waals surface area contributed by atoms with Gasteiger partial charge in [-0.05, 0) is 249 Å². The molecule has 23 heteroatoms. The average Bonchev–Trinajstić information content (AvgIpc) is 2.79. The van der Waals surface area contributed by atoms with Gasteiger partial charge >= 0.3 is 68.9 Å². The van der Waals surface area contributed by atoms with Gasteiger partial charge in [-0.1, -0.05) is 0 Å². The van der Waals surface area contributed by atoms with E-state index in [-0.39, 0.29) is 38.0 Å². The summed E-state index contributed by atoms with van der Waals surface area (Å²) in [6.45, 7) is 66.0. The van der Waals surface area contributed by atoms with E-state index in [0.717, 1.165) is 0 Å². The molecule has 0 aromatic carbocycles. The Hall–Kier alpha value is 1.91. The molecule has 0 aliphatic carbocycles. The average molecular weight is 1230 g/mol. The molecule has 0 fully saturated rings. The van der Waals surface area contributed by atoms with Crippen molar-refractivity contribution >= 4 is 59.4 Å². The molecule has 0 saturated heterocycles. The molecule has 0 heterocycles. The molecule has 0 aromatic heterocycles. The molecule has 0 aliphatic heterocycles. The normalized spacial score (nSPS) is 14.6. The van der Waals surface area contributed by atoms with E-state index in [4.69, 9.17) is 76.3 Å². The third kappa shape index (κ3) is 66.2. The van der Waals surface area contributed by atoms with Crippen LogP contribution in [-0.4, -0.2) is 114 Å². The van der Waals surface area contributed by atoms with Gasteiger partial charge in [0.05, 0.1) is 72.6 Å². The SMILES string of the molecule is CC(C)(C)O[Si](O)(OC(C)(C)C)OC(C)(C)C.CC(C)(C)O[Si]([O-])(OC(C)(C)C)OC(C)(C)C.CC(C)(C)O[Si]([O-])(OC(C)(C)C)OC(C)(C)C.CC(C)(C)O[Si]([O-])(OC(C)(C)C)OC(C)(C)C.ClCCl.[Y+3]. The van der Waals surface area contributed by atoms with E-state index in [1.54, 1.807) is 0 Å². The van der Waals surface area contributed by atoms with Crippen LogP contribution in [0.3, 0.4) is 0 Å². The number of halogens is 2. The zero-order chi connectivity index (χ0) is 59.2. The topological polar surface area (TPSA) is 200 Å². The second-order valence-electron chi connectivity index (χ2n) is 28.7. The predicted molar refractivity (Wildman–Crippen MR) is 292 cm³/mol. The summed E-state index contributed by atoms with van der Waals surface area (Å²) in [6.07, 6.45) is 0. The van der Waals surface area contributed by atoms with Crippen LogP contribution in [0.25, 0.3) is 0 Å². The number of alkyl halides is 2. The van der Waals surface area contributed by atoms with E-state index >= 15 is 0 Å². The van der Waals surface area contributed by atoms with Crippen molar-refractivity contribution in [3.63, 3.8) is 0 Å². The first-order valence-corrected chi connectivity index (χ1v) is 31.9. The fourth-order valence-electron chi connectivity index (χ4n) is 4.79. The first-order chi connectivity index (χ1) is 29.9. The summed E-state index contributed by atoms with van der Waals surface area (Å²) in [5.74, 6) is 0. The second kappa shape index (κ2) is 30.7. The standard InChI is InChI=1S/C12H28O4Si.3C12H27O4Si.CH2Cl2.Y/c4*1-10(2,3)14-17(13,15-11(4,5)6)16-12(7,8)9;2-1-3;/h13H,1-9H3;3*1-9H3;1H2;/q;3*-1;;+3. The van der Waals surface area contributed by atoms with Gasteiger partial charge in [-0.2, -0.15) is 0 Å². The van der Waals surface area contributed by atoms with Gasteiger partial charge < -0.3 is 72.3 Å². The fourth-order valence-corrected chi connectivity index (χ4v) is 14.4. The summed E-state index contributed by atoms with van der Waals surface area (Å²) in [7, 11) is -15.4. The first kappa shape index (κ1) is 85.2. The number of hydrogen-bond donors (Lipinski definition) is 1. The van der Waals surface area contributed by atoms with Crippen LogP contribution in [0.5, 0.6) is 0 Å². The maximum Gasteiger partial charge on any atom is 3.00 e. The Labute approximate surface area is 482 Å². The molecule has 0 rings (SSSR count). The summed E-state index contributed by atoms with van der Waals surface area (Å²) >= 11 is 9.53. The number of hydrogen-bond acceptors (Lipinski definition) is 16. The van der Waals surface area contributed by atoms with Crippen LogP contribution < -0.4 is 14.4 Å². The van der Waals surface area contributed by atoms with Gasteiger partial charge in [0, 0.05) is 0 Å². The first-order valence-electron chi connectivity index (χ1n) is 24.3. The minimum atomic E-state index is -3.91. The van der Waals surface area contributed by atoms with Crippen LogP contribution in [0, 0.1) is 0 Å². The van der Waals surface area contributed by atoms with E-state index in [1.165, 1.54) is 0 Å². The Morgan fingerprint density at radius 3 is 0.375 bits per heavy atom. The molecular formula is C49H111Cl2O16Si4Y. The summed E-state index contributed by atoms with van der Waals surface area (Å²) in [5, 5.41) is 0.194. The Balaban J connectivity index is -0.000000197.